The molecule has 172 valence electrons. The Kier molecular flexibility index (Phi) is 6.24. The van der Waals surface area contributed by atoms with Gasteiger partial charge in [0.05, 0.1) is 0 Å². The maximum absolute atomic E-state index is 12.4. The molecule has 0 saturated carbocycles. The predicted molar refractivity (Wildman–Crippen MR) is 142 cm³/mol. The Morgan fingerprint density at radius 2 is 1.71 bits per heavy atom. The van der Waals surface area contributed by atoms with Crippen molar-refractivity contribution in [2.45, 2.75) is 6.92 Å². The number of furan rings is 1. The standard InChI is InChI=1S/C28H21N3O3S/c1-18-11-12-20(27-29-22-9-5-6-10-25(22)34-27)17-23(18)30-28(35)31-26(32)16-14-21-13-15-24(33-21)19-7-3-2-4-8-19/h2-17H,1H3,(H2,30,31,32,35)/b16-14+. The van der Waals surface area contributed by atoms with Crippen molar-refractivity contribution in [2.24, 2.45) is 0 Å². The number of rotatable bonds is 5. The highest BCUT2D eigenvalue weighted by Gasteiger charge is 2.11. The lowest BCUT2D eigenvalue weighted by Gasteiger charge is -2.11. The highest BCUT2D eigenvalue weighted by atomic mass is 32.1. The number of anilines is 1. The molecule has 0 spiro atoms. The molecule has 0 radical (unpaired) electrons. The zero-order chi connectivity index (χ0) is 24.2. The van der Waals surface area contributed by atoms with Crippen molar-refractivity contribution in [3.8, 4) is 22.8 Å². The summed E-state index contributed by atoms with van der Waals surface area (Å²) in [6, 6.07) is 26.8. The molecule has 2 N–H and O–H groups in total. The molecule has 5 rings (SSSR count). The van der Waals surface area contributed by atoms with E-state index in [4.69, 9.17) is 21.1 Å². The minimum absolute atomic E-state index is 0.182. The van der Waals surface area contributed by atoms with Gasteiger partial charge in [-0.05, 0) is 67.2 Å². The van der Waals surface area contributed by atoms with Crippen LogP contribution >= 0.6 is 12.2 Å². The highest BCUT2D eigenvalue weighted by Crippen LogP contribution is 2.28. The van der Waals surface area contributed by atoms with Gasteiger partial charge in [-0.1, -0.05) is 48.5 Å². The molecule has 0 aliphatic carbocycles. The summed E-state index contributed by atoms with van der Waals surface area (Å²) >= 11 is 5.34. The monoisotopic (exact) mass is 479 g/mol. The first-order valence-electron chi connectivity index (χ1n) is 11.0. The number of thiocarbonyl (C=S) groups is 1. The van der Waals surface area contributed by atoms with Crippen LogP contribution in [0.2, 0.25) is 0 Å². The maximum atomic E-state index is 12.4. The number of hydrogen-bond acceptors (Lipinski definition) is 5. The number of nitrogens with zero attached hydrogens (tertiary/aromatic N) is 1. The molecule has 6 nitrogen and oxygen atoms in total. The lowest BCUT2D eigenvalue weighted by Crippen LogP contribution is -2.33. The van der Waals surface area contributed by atoms with Crippen molar-refractivity contribution in [1.29, 1.82) is 0 Å². The summed E-state index contributed by atoms with van der Waals surface area (Å²) < 4.78 is 11.6. The number of carbonyl (C=O) groups is 1. The zero-order valence-electron chi connectivity index (χ0n) is 18.8. The third kappa shape index (κ3) is 5.20. The van der Waals surface area contributed by atoms with Gasteiger partial charge in [0.25, 0.3) is 0 Å². The first kappa shape index (κ1) is 22.3. The molecule has 0 atom stereocenters. The van der Waals surface area contributed by atoms with Gasteiger partial charge in [-0.2, -0.15) is 0 Å². The van der Waals surface area contributed by atoms with Gasteiger partial charge in [0, 0.05) is 22.9 Å². The first-order chi connectivity index (χ1) is 17.0. The number of oxazole rings is 1. The summed E-state index contributed by atoms with van der Waals surface area (Å²) in [7, 11) is 0. The molecule has 0 fully saturated rings. The highest BCUT2D eigenvalue weighted by molar-refractivity contribution is 7.80. The summed E-state index contributed by atoms with van der Waals surface area (Å²) in [6.45, 7) is 1.95. The van der Waals surface area contributed by atoms with E-state index in [2.05, 4.69) is 15.6 Å². The van der Waals surface area contributed by atoms with Gasteiger partial charge in [0.1, 0.15) is 17.0 Å². The molecule has 0 aliphatic rings. The van der Waals surface area contributed by atoms with Crippen molar-refractivity contribution < 1.29 is 13.6 Å². The molecule has 5 aromatic rings. The maximum Gasteiger partial charge on any atom is 0.250 e. The van der Waals surface area contributed by atoms with Crippen LogP contribution in [0.15, 0.2) is 99.8 Å². The third-order valence-corrected chi connectivity index (χ3v) is 5.55. The fourth-order valence-electron chi connectivity index (χ4n) is 3.55. The van der Waals surface area contributed by atoms with Crippen LogP contribution < -0.4 is 10.6 Å². The normalized spacial score (nSPS) is 11.1. The molecule has 2 aromatic heterocycles. The minimum Gasteiger partial charge on any atom is -0.457 e. The molecule has 7 heteroatoms. The molecule has 0 bridgehead atoms. The summed E-state index contributed by atoms with van der Waals surface area (Å²) in [6.07, 6.45) is 2.98. The number of aromatic nitrogens is 1. The Labute approximate surface area is 207 Å². The van der Waals surface area contributed by atoms with Gasteiger partial charge < -0.3 is 14.2 Å². The average molecular weight is 480 g/mol. The third-order valence-electron chi connectivity index (χ3n) is 5.35. The molecule has 2 heterocycles. The van der Waals surface area contributed by atoms with E-state index in [1.165, 1.54) is 6.08 Å². The Balaban J connectivity index is 1.23. The molecule has 35 heavy (non-hydrogen) atoms. The van der Waals surface area contributed by atoms with Crippen LogP contribution in [0.3, 0.4) is 0 Å². The van der Waals surface area contributed by atoms with E-state index in [1.807, 2.05) is 91.9 Å². The van der Waals surface area contributed by atoms with Gasteiger partial charge in [0.15, 0.2) is 10.7 Å². The van der Waals surface area contributed by atoms with Crippen molar-refractivity contribution in [1.82, 2.24) is 10.3 Å². The average Bonchev–Trinajstić information content (AvgIpc) is 3.52. The topological polar surface area (TPSA) is 80.3 Å². The van der Waals surface area contributed by atoms with E-state index in [1.54, 1.807) is 6.08 Å². The molecular formula is C28H21N3O3S. The number of hydrogen-bond donors (Lipinski definition) is 2. The number of aryl methyl sites for hydroxylation is 1. The molecular weight excluding hydrogens is 458 g/mol. The van der Waals surface area contributed by atoms with Crippen LogP contribution in [0.25, 0.3) is 40.0 Å². The molecule has 1 amide bonds. The van der Waals surface area contributed by atoms with Gasteiger partial charge >= 0.3 is 0 Å². The van der Waals surface area contributed by atoms with Crippen LogP contribution in [-0.2, 0) is 4.79 Å². The Morgan fingerprint density at radius 1 is 0.914 bits per heavy atom. The molecule has 0 unspecified atom stereocenters. The lowest BCUT2D eigenvalue weighted by molar-refractivity contribution is -0.115. The van der Waals surface area contributed by atoms with Gasteiger partial charge in [-0.3, -0.25) is 10.1 Å². The minimum atomic E-state index is -0.368. The van der Waals surface area contributed by atoms with E-state index in [0.29, 0.717) is 11.7 Å². The fourth-order valence-corrected chi connectivity index (χ4v) is 3.76. The molecule has 0 saturated heterocycles. The zero-order valence-corrected chi connectivity index (χ0v) is 19.6. The number of benzene rings is 3. The van der Waals surface area contributed by atoms with Crippen LogP contribution in [0.4, 0.5) is 5.69 Å². The number of amides is 1. The summed E-state index contributed by atoms with van der Waals surface area (Å²) in [5.41, 5.74) is 4.99. The number of carbonyl (C=O) groups excluding carboxylic acids is 1. The summed E-state index contributed by atoms with van der Waals surface area (Å²) in [5.74, 6) is 1.45. The predicted octanol–water partition coefficient (Wildman–Crippen LogP) is 6.59. The Morgan fingerprint density at radius 3 is 2.54 bits per heavy atom. The van der Waals surface area contributed by atoms with Crippen molar-refractivity contribution in [3.63, 3.8) is 0 Å². The van der Waals surface area contributed by atoms with E-state index in [0.717, 1.165) is 39.2 Å². The Hall–Kier alpha value is -4.49. The molecule has 0 aliphatic heterocycles. The van der Waals surface area contributed by atoms with Crippen LogP contribution in [0.5, 0.6) is 0 Å². The number of fused-ring (bicyclic) bond motifs is 1. The Bertz CT molecular complexity index is 1520. The van der Waals surface area contributed by atoms with Crippen LogP contribution in [-0.4, -0.2) is 16.0 Å². The van der Waals surface area contributed by atoms with Crippen molar-refractivity contribution in [2.75, 3.05) is 5.32 Å². The van der Waals surface area contributed by atoms with Crippen LogP contribution in [0.1, 0.15) is 11.3 Å². The second kappa shape index (κ2) is 9.79. The van der Waals surface area contributed by atoms with Gasteiger partial charge in [-0.25, -0.2) is 4.98 Å². The first-order valence-corrected chi connectivity index (χ1v) is 11.4. The van der Waals surface area contributed by atoms with Crippen LogP contribution in [0, 0.1) is 6.92 Å². The summed E-state index contributed by atoms with van der Waals surface area (Å²) in [4.78, 5) is 16.9. The largest absolute Gasteiger partial charge is 0.457 e. The second-order valence-electron chi connectivity index (χ2n) is 7.86. The van der Waals surface area contributed by atoms with E-state index < -0.39 is 0 Å². The second-order valence-corrected chi connectivity index (χ2v) is 8.27. The van der Waals surface area contributed by atoms with Gasteiger partial charge in [0.2, 0.25) is 11.8 Å². The smallest absolute Gasteiger partial charge is 0.250 e. The number of nitrogens with one attached hydrogen (secondary N) is 2. The van der Waals surface area contributed by atoms with E-state index in [9.17, 15) is 4.79 Å². The lowest BCUT2D eigenvalue weighted by atomic mass is 10.1. The quantitative estimate of drug-likeness (QED) is 0.219. The number of para-hydroxylation sites is 2. The fraction of sp³-hybridized carbons (Fsp3) is 0.0357. The van der Waals surface area contributed by atoms with Crippen molar-refractivity contribution >= 4 is 46.1 Å². The summed E-state index contributed by atoms with van der Waals surface area (Å²) in [5, 5.41) is 5.92. The van der Waals surface area contributed by atoms with E-state index >= 15 is 0 Å². The van der Waals surface area contributed by atoms with Gasteiger partial charge in [-0.15, -0.1) is 0 Å². The van der Waals surface area contributed by atoms with E-state index in [-0.39, 0.29) is 11.0 Å². The van der Waals surface area contributed by atoms with Crippen molar-refractivity contribution in [3.05, 3.63) is 102 Å². The SMILES string of the molecule is Cc1ccc(-c2nc3ccccc3o2)cc1NC(=S)NC(=O)/C=C/c1ccc(-c2ccccc2)o1. The molecule has 3 aromatic carbocycles.